The van der Waals surface area contributed by atoms with E-state index in [1.807, 2.05) is 19.2 Å². The van der Waals surface area contributed by atoms with Crippen LogP contribution < -0.4 is 5.32 Å². The smallest absolute Gasteiger partial charge is 0.413 e. The van der Waals surface area contributed by atoms with Crippen LogP contribution in [0.1, 0.15) is 40.0 Å². The van der Waals surface area contributed by atoms with Crippen molar-refractivity contribution in [3.05, 3.63) is 0 Å². The molecule has 0 rings (SSSR count). The highest BCUT2D eigenvalue weighted by Gasteiger charge is 2.39. The molecule has 0 aliphatic rings. The first-order valence-corrected chi connectivity index (χ1v) is 10.2. The molecule has 0 aromatic rings. The summed E-state index contributed by atoms with van der Waals surface area (Å²) >= 11 is 0. The SMILES string of the molecule is CC(CCCC(C)(C)O[Si](C)(C)C)NC(=O)C(F)(F)F. The molecule has 0 aromatic heterocycles. The van der Waals surface area contributed by atoms with Gasteiger partial charge in [0.1, 0.15) is 0 Å². The van der Waals surface area contributed by atoms with Gasteiger partial charge in [0.2, 0.25) is 0 Å². The average Bonchev–Trinajstić information content (AvgIpc) is 2.10. The fraction of sp³-hybridized carbons (Fsp3) is 0.923. The van der Waals surface area contributed by atoms with Gasteiger partial charge in [-0.1, -0.05) is 0 Å². The van der Waals surface area contributed by atoms with Gasteiger partial charge in [-0.05, 0) is 59.7 Å². The molecule has 1 amide bonds. The van der Waals surface area contributed by atoms with Crippen molar-refractivity contribution < 1.29 is 22.4 Å². The number of rotatable bonds is 7. The summed E-state index contributed by atoms with van der Waals surface area (Å²) in [5.74, 6) is -1.87. The molecule has 0 aromatic carbocycles. The second-order valence-corrected chi connectivity index (χ2v) is 11.2. The second-order valence-electron chi connectivity index (χ2n) is 6.74. The minimum Gasteiger partial charge on any atom is -0.413 e. The summed E-state index contributed by atoms with van der Waals surface area (Å²) in [4.78, 5) is 10.8. The highest BCUT2D eigenvalue weighted by atomic mass is 28.4. The number of halogens is 3. The molecular formula is C13H26F3NO2Si. The number of hydrogen-bond donors (Lipinski definition) is 1. The van der Waals surface area contributed by atoms with Gasteiger partial charge in [0.25, 0.3) is 0 Å². The monoisotopic (exact) mass is 313 g/mol. The Morgan fingerprint density at radius 1 is 1.25 bits per heavy atom. The van der Waals surface area contributed by atoms with Gasteiger partial charge >= 0.3 is 12.1 Å². The van der Waals surface area contributed by atoms with Gasteiger partial charge < -0.3 is 9.74 Å². The first-order valence-electron chi connectivity index (χ1n) is 6.81. The summed E-state index contributed by atoms with van der Waals surface area (Å²) in [5, 5.41) is 1.96. The average molecular weight is 313 g/mol. The molecule has 0 spiro atoms. The first-order chi connectivity index (χ1) is 8.73. The van der Waals surface area contributed by atoms with Gasteiger partial charge in [-0.15, -0.1) is 0 Å². The summed E-state index contributed by atoms with van der Waals surface area (Å²) in [6.45, 7) is 11.9. The van der Waals surface area contributed by atoms with Crippen molar-refractivity contribution in [2.24, 2.45) is 0 Å². The second kappa shape index (κ2) is 6.93. The lowest BCUT2D eigenvalue weighted by atomic mass is 10.00. The highest BCUT2D eigenvalue weighted by molar-refractivity contribution is 6.69. The Kier molecular flexibility index (Phi) is 6.74. The van der Waals surface area contributed by atoms with E-state index in [0.717, 1.165) is 6.42 Å². The zero-order valence-corrected chi connectivity index (χ0v) is 14.1. The Balaban J connectivity index is 4.09. The Hall–Kier alpha value is -0.563. The van der Waals surface area contributed by atoms with Gasteiger partial charge in [-0.2, -0.15) is 13.2 Å². The number of hydrogen-bond acceptors (Lipinski definition) is 2. The van der Waals surface area contributed by atoms with Gasteiger partial charge in [-0.3, -0.25) is 4.79 Å². The maximum absolute atomic E-state index is 12.1. The van der Waals surface area contributed by atoms with Crippen LogP contribution in [0.4, 0.5) is 13.2 Å². The predicted octanol–water partition coefficient (Wildman–Crippen LogP) is 3.85. The Morgan fingerprint density at radius 2 is 1.75 bits per heavy atom. The summed E-state index contributed by atoms with van der Waals surface area (Å²) in [6, 6.07) is -0.494. The van der Waals surface area contributed by atoms with Crippen LogP contribution in [0.25, 0.3) is 0 Å². The Morgan fingerprint density at radius 3 is 2.15 bits per heavy atom. The molecule has 1 atom stereocenters. The molecule has 0 radical (unpaired) electrons. The molecule has 1 N–H and O–H groups in total. The van der Waals surface area contributed by atoms with Gasteiger partial charge in [-0.25, -0.2) is 0 Å². The number of carbonyl (C=O) groups is 1. The van der Waals surface area contributed by atoms with Gasteiger partial charge in [0.15, 0.2) is 8.32 Å². The molecule has 20 heavy (non-hydrogen) atoms. The Labute approximate surface area is 120 Å². The molecule has 0 saturated heterocycles. The molecule has 7 heteroatoms. The lowest BCUT2D eigenvalue weighted by Gasteiger charge is -2.33. The normalized spacial score (nSPS) is 15.1. The van der Waals surface area contributed by atoms with Crippen LogP contribution in [0.15, 0.2) is 0 Å². The molecular weight excluding hydrogens is 287 g/mol. The molecule has 0 saturated carbocycles. The van der Waals surface area contributed by atoms with E-state index in [4.69, 9.17) is 4.43 Å². The standard InChI is InChI=1S/C13H26F3NO2Si/c1-10(17-11(18)13(14,15)16)8-7-9-12(2,3)19-20(4,5)6/h10H,7-9H2,1-6H3,(H,17,18). The number of carbonyl (C=O) groups excluding carboxylic acids is 1. The van der Waals surface area contributed by atoms with E-state index in [1.54, 1.807) is 6.92 Å². The molecule has 120 valence electrons. The van der Waals surface area contributed by atoms with E-state index in [2.05, 4.69) is 19.6 Å². The van der Waals surface area contributed by atoms with Crippen LogP contribution in [-0.2, 0) is 9.22 Å². The molecule has 0 heterocycles. The van der Waals surface area contributed by atoms with E-state index in [9.17, 15) is 18.0 Å². The largest absolute Gasteiger partial charge is 0.471 e. The fourth-order valence-corrected chi connectivity index (χ4v) is 3.85. The van der Waals surface area contributed by atoms with Crippen molar-refractivity contribution in [3.63, 3.8) is 0 Å². The van der Waals surface area contributed by atoms with Crippen molar-refractivity contribution in [3.8, 4) is 0 Å². The predicted molar refractivity (Wildman–Crippen MR) is 76.0 cm³/mol. The summed E-state index contributed by atoms with van der Waals surface area (Å²) in [6.07, 6.45) is -2.85. The zero-order chi connectivity index (χ0) is 16.2. The maximum Gasteiger partial charge on any atom is 0.471 e. The van der Waals surface area contributed by atoms with Crippen molar-refractivity contribution >= 4 is 14.2 Å². The van der Waals surface area contributed by atoms with E-state index in [0.29, 0.717) is 12.8 Å². The fourth-order valence-electron chi connectivity index (χ4n) is 2.09. The summed E-state index contributed by atoms with van der Waals surface area (Å²) in [5.41, 5.74) is -0.280. The van der Waals surface area contributed by atoms with Crippen LogP contribution in [-0.4, -0.2) is 32.0 Å². The third-order valence-electron chi connectivity index (χ3n) is 2.63. The van der Waals surface area contributed by atoms with Gasteiger partial charge in [0.05, 0.1) is 5.60 Å². The minimum absolute atomic E-state index is 0.280. The molecule has 0 aliphatic heterocycles. The first kappa shape index (κ1) is 19.4. The van der Waals surface area contributed by atoms with E-state index in [1.165, 1.54) is 0 Å². The molecule has 0 fully saturated rings. The van der Waals surface area contributed by atoms with Crippen molar-refractivity contribution in [1.29, 1.82) is 0 Å². The number of amides is 1. The van der Waals surface area contributed by atoms with Crippen LogP contribution in [0, 0.1) is 0 Å². The third-order valence-corrected chi connectivity index (χ3v) is 3.80. The van der Waals surface area contributed by atoms with Crippen LogP contribution >= 0.6 is 0 Å². The zero-order valence-electron chi connectivity index (χ0n) is 13.1. The maximum atomic E-state index is 12.1. The third kappa shape index (κ3) is 9.36. The molecule has 0 aliphatic carbocycles. The van der Waals surface area contributed by atoms with Crippen LogP contribution in [0.3, 0.4) is 0 Å². The lowest BCUT2D eigenvalue weighted by Crippen LogP contribution is -2.42. The Bertz CT molecular complexity index is 325. The quantitative estimate of drug-likeness (QED) is 0.725. The van der Waals surface area contributed by atoms with Crippen molar-refractivity contribution in [2.45, 2.75) is 77.5 Å². The highest BCUT2D eigenvalue weighted by Crippen LogP contribution is 2.23. The summed E-state index contributed by atoms with van der Waals surface area (Å²) in [7, 11) is -1.64. The van der Waals surface area contributed by atoms with E-state index in [-0.39, 0.29) is 5.60 Å². The lowest BCUT2D eigenvalue weighted by molar-refractivity contribution is -0.174. The van der Waals surface area contributed by atoms with Crippen LogP contribution in [0.5, 0.6) is 0 Å². The topological polar surface area (TPSA) is 38.3 Å². The molecule has 0 bridgehead atoms. The number of alkyl halides is 3. The van der Waals surface area contributed by atoms with Gasteiger partial charge in [0, 0.05) is 6.04 Å². The summed E-state index contributed by atoms with van der Waals surface area (Å²) < 4.78 is 42.3. The van der Waals surface area contributed by atoms with Crippen molar-refractivity contribution in [1.82, 2.24) is 5.32 Å². The van der Waals surface area contributed by atoms with E-state index < -0.39 is 26.4 Å². The van der Waals surface area contributed by atoms with Crippen molar-refractivity contribution in [2.75, 3.05) is 0 Å². The minimum atomic E-state index is -4.81. The van der Waals surface area contributed by atoms with E-state index >= 15 is 0 Å². The van der Waals surface area contributed by atoms with Crippen LogP contribution in [0.2, 0.25) is 19.6 Å². The molecule has 3 nitrogen and oxygen atoms in total. The number of nitrogens with one attached hydrogen (secondary N) is 1. The molecule has 1 unspecified atom stereocenters.